The third kappa shape index (κ3) is 4.19. The van der Waals surface area contributed by atoms with Gasteiger partial charge < -0.3 is 14.7 Å². The van der Waals surface area contributed by atoms with Crippen LogP contribution in [0, 0.1) is 0 Å². The van der Waals surface area contributed by atoms with Gasteiger partial charge in [-0.1, -0.05) is 19.0 Å². The first-order valence-electron chi connectivity index (χ1n) is 4.82. The van der Waals surface area contributed by atoms with Crippen molar-refractivity contribution < 1.29 is 14.7 Å². The summed E-state index contributed by atoms with van der Waals surface area (Å²) < 4.78 is 5.02. The lowest BCUT2D eigenvalue weighted by molar-refractivity contribution is 0.113. The van der Waals surface area contributed by atoms with Crippen LogP contribution < -0.4 is 0 Å². The Labute approximate surface area is 92.9 Å². The minimum Gasteiger partial charge on any atom is -0.394 e. The molecule has 1 aromatic heterocycles. The van der Waals surface area contributed by atoms with Crippen LogP contribution in [0.25, 0.3) is 0 Å². The number of aromatic nitrogens is 2. The van der Waals surface area contributed by atoms with Crippen molar-refractivity contribution in [2.75, 3.05) is 12.4 Å². The van der Waals surface area contributed by atoms with Gasteiger partial charge in [0.15, 0.2) is 5.82 Å². The highest BCUT2D eigenvalue weighted by Gasteiger charge is 2.10. The summed E-state index contributed by atoms with van der Waals surface area (Å²) in [7, 11) is 0. The van der Waals surface area contributed by atoms with Gasteiger partial charge in [0.1, 0.15) is 0 Å². The highest BCUT2D eigenvalue weighted by Crippen LogP contribution is 2.14. The lowest BCUT2D eigenvalue weighted by Crippen LogP contribution is -2.14. The van der Waals surface area contributed by atoms with Crippen LogP contribution in [-0.4, -0.2) is 38.8 Å². The fourth-order valence-electron chi connectivity index (χ4n) is 0.900. The minimum atomic E-state index is -0.675. The van der Waals surface area contributed by atoms with Crippen LogP contribution in [0.4, 0.5) is 0 Å². The molecule has 0 aliphatic carbocycles. The van der Waals surface area contributed by atoms with Crippen molar-refractivity contribution in [3.8, 4) is 0 Å². The molecule has 1 rings (SSSR count). The molecule has 0 unspecified atom stereocenters. The van der Waals surface area contributed by atoms with Crippen LogP contribution in [0.3, 0.4) is 0 Å². The Morgan fingerprint density at radius 1 is 1.47 bits per heavy atom. The summed E-state index contributed by atoms with van der Waals surface area (Å²) in [5.74, 6) is 2.57. The van der Waals surface area contributed by atoms with Crippen molar-refractivity contribution in [2.45, 2.75) is 31.6 Å². The van der Waals surface area contributed by atoms with E-state index >= 15 is 0 Å². The molecule has 0 radical (unpaired) electrons. The topological polar surface area (TPSA) is 79.4 Å². The average molecular weight is 232 g/mol. The summed E-state index contributed by atoms with van der Waals surface area (Å²) in [6, 6.07) is 0. The molecule has 0 fully saturated rings. The van der Waals surface area contributed by atoms with Crippen LogP contribution in [0.15, 0.2) is 4.52 Å². The van der Waals surface area contributed by atoms with E-state index in [0.29, 0.717) is 23.2 Å². The number of hydrogen-bond acceptors (Lipinski definition) is 6. The lowest BCUT2D eigenvalue weighted by atomic mass is 10.2. The monoisotopic (exact) mass is 232 g/mol. The van der Waals surface area contributed by atoms with E-state index in [9.17, 15) is 0 Å². The highest BCUT2D eigenvalue weighted by molar-refractivity contribution is 7.98. The third-order valence-electron chi connectivity index (χ3n) is 1.73. The molecule has 0 aliphatic rings. The van der Waals surface area contributed by atoms with E-state index in [-0.39, 0.29) is 12.5 Å². The van der Waals surface area contributed by atoms with E-state index in [1.807, 2.05) is 13.8 Å². The number of thioether (sulfide) groups is 1. The van der Waals surface area contributed by atoms with Crippen molar-refractivity contribution in [3.05, 3.63) is 11.7 Å². The maximum atomic E-state index is 9.09. The maximum absolute atomic E-state index is 9.09. The number of rotatable bonds is 6. The van der Waals surface area contributed by atoms with Crippen molar-refractivity contribution >= 4 is 11.8 Å². The molecular weight excluding hydrogens is 216 g/mol. The van der Waals surface area contributed by atoms with Gasteiger partial charge in [0.05, 0.1) is 18.5 Å². The molecule has 1 atom stereocenters. The van der Waals surface area contributed by atoms with Gasteiger partial charge in [-0.15, -0.1) is 0 Å². The van der Waals surface area contributed by atoms with Crippen LogP contribution in [0.2, 0.25) is 0 Å². The zero-order valence-corrected chi connectivity index (χ0v) is 9.70. The summed E-state index contributed by atoms with van der Waals surface area (Å²) in [5, 5.41) is 21.5. The van der Waals surface area contributed by atoms with E-state index in [2.05, 4.69) is 10.1 Å². The second-order valence-electron chi connectivity index (χ2n) is 3.56. The van der Waals surface area contributed by atoms with Gasteiger partial charge in [0, 0.05) is 11.7 Å². The zero-order chi connectivity index (χ0) is 11.3. The van der Waals surface area contributed by atoms with Crippen LogP contribution in [0.5, 0.6) is 0 Å². The Kier molecular flexibility index (Phi) is 5.07. The molecule has 1 heterocycles. The largest absolute Gasteiger partial charge is 0.394 e. The fourth-order valence-corrected chi connectivity index (χ4v) is 1.69. The first-order chi connectivity index (χ1) is 7.13. The molecule has 0 saturated carbocycles. The van der Waals surface area contributed by atoms with E-state index < -0.39 is 6.10 Å². The van der Waals surface area contributed by atoms with Gasteiger partial charge >= 0.3 is 0 Å². The summed E-state index contributed by atoms with van der Waals surface area (Å²) in [6.45, 7) is 3.76. The molecule has 0 aliphatic heterocycles. The van der Waals surface area contributed by atoms with Gasteiger partial charge in [0.25, 0.3) is 0 Å². The normalized spacial score (nSPS) is 13.4. The van der Waals surface area contributed by atoms with Crippen LogP contribution >= 0.6 is 11.8 Å². The molecule has 5 nitrogen and oxygen atoms in total. The number of hydrogen-bond donors (Lipinski definition) is 2. The van der Waals surface area contributed by atoms with Gasteiger partial charge in [0.2, 0.25) is 5.89 Å². The van der Waals surface area contributed by atoms with E-state index in [0.717, 1.165) is 0 Å². The van der Waals surface area contributed by atoms with Crippen LogP contribution in [-0.2, 0) is 5.75 Å². The number of aliphatic hydroxyl groups excluding tert-OH is 2. The van der Waals surface area contributed by atoms with Gasteiger partial charge in [-0.2, -0.15) is 16.7 Å². The molecule has 15 heavy (non-hydrogen) atoms. The molecule has 0 spiro atoms. The SMILES string of the molecule is CC(C)c1nc(CSC[C@@H](O)CO)no1. The van der Waals surface area contributed by atoms with Crippen molar-refractivity contribution in [1.82, 2.24) is 10.1 Å². The van der Waals surface area contributed by atoms with E-state index in [1.54, 1.807) is 0 Å². The first-order valence-corrected chi connectivity index (χ1v) is 5.98. The molecule has 1 aromatic rings. The maximum Gasteiger partial charge on any atom is 0.229 e. The van der Waals surface area contributed by atoms with E-state index in [4.69, 9.17) is 14.7 Å². The smallest absolute Gasteiger partial charge is 0.229 e. The van der Waals surface area contributed by atoms with Crippen LogP contribution in [0.1, 0.15) is 31.5 Å². The molecule has 0 saturated heterocycles. The van der Waals surface area contributed by atoms with E-state index in [1.165, 1.54) is 11.8 Å². The molecule has 0 bridgehead atoms. The van der Waals surface area contributed by atoms with Crippen molar-refractivity contribution in [3.63, 3.8) is 0 Å². The molecule has 2 N–H and O–H groups in total. The Morgan fingerprint density at radius 3 is 2.73 bits per heavy atom. The predicted molar refractivity (Wildman–Crippen MR) is 57.6 cm³/mol. The second kappa shape index (κ2) is 6.09. The second-order valence-corrected chi connectivity index (χ2v) is 4.59. The molecule has 86 valence electrons. The summed E-state index contributed by atoms with van der Waals surface area (Å²) in [6.07, 6.45) is -0.675. The molecule has 0 amide bonds. The van der Waals surface area contributed by atoms with Gasteiger partial charge in [-0.3, -0.25) is 0 Å². The van der Waals surface area contributed by atoms with Crippen molar-refractivity contribution in [1.29, 1.82) is 0 Å². The summed E-state index contributed by atoms with van der Waals surface area (Å²) in [4.78, 5) is 4.19. The quantitative estimate of drug-likeness (QED) is 0.754. The first kappa shape index (κ1) is 12.5. The predicted octanol–water partition coefficient (Wildman–Crippen LogP) is 0.779. The summed E-state index contributed by atoms with van der Waals surface area (Å²) >= 11 is 1.47. The zero-order valence-electron chi connectivity index (χ0n) is 8.88. The Morgan fingerprint density at radius 2 is 2.20 bits per heavy atom. The van der Waals surface area contributed by atoms with Crippen molar-refractivity contribution in [2.24, 2.45) is 0 Å². The fraction of sp³-hybridized carbons (Fsp3) is 0.778. The molecule has 6 heteroatoms. The standard InChI is InChI=1S/C9H16N2O3S/c1-6(2)9-10-8(11-14-9)5-15-4-7(13)3-12/h6-7,12-13H,3-5H2,1-2H3/t7-/m0/s1. The Balaban J connectivity index is 2.31. The van der Waals surface area contributed by atoms with Gasteiger partial charge in [-0.05, 0) is 0 Å². The number of aliphatic hydroxyl groups is 2. The minimum absolute atomic E-state index is 0.212. The highest BCUT2D eigenvalue weighted by atomic mass is 32.2. The van der Waals surface area contributed by atoms with Gasteiger partial charge in [-0.25, -0.2) is 0 Å². The third-order valence-corrected chi connectivity index (χ3v) is 2.81. The molecular formula is C9H16N2O3S. The Hall–Kier alpha value is -0.590. The molecule has 0 aromatic carbocycles. The average Bonchev–Trinajstić information content (AvgIpc) is 2.66. The number of nitrogens with zero attached hydrogens (tertiary/aromatic N) is 2. The summed E-state index contributed by atoms with van der Waals surface area (Å²) in [5.41, 5.74) is 0. The Bertz CT molecular complexity index is 291. The lowest BCUT2D eigenvalue weighted by Gasteiger charge is -2.03.